The summed E-state index contributed by atoms with van der Waals surface area (Å²) in [4.78, 5) is 14.9. The molecule has 0 bridgehead atoms. The van der Waals surface area contributed by atoms with Crippen molar-refractivity contribution in [2.24, 2.45) is 0 Å². The third-order valence-corrected chi connectivity index (χ3v) is 7.43. The second-order valence-corrected chi connectivity index (χ2v) is 9.06. The van der Waals surface area contributed by atoms with Gasteiger partial charge in [0.05, 0.1) is 0 Å². The minimum Gasteiger partial charge on any atom is -0.373 e. The van der Waals surface area contributed by atoms with Crippen LogP contribution in [0.2, 0.25) is 0 Å². The lowest BCUT2D eigenvalue weighted by Crippen LogP contribution is -2.34. The van der Waals surface area contributed by atoms with Crippen molar-refractivity contribution in [3.05, 3.63) is 46.7 Å². The standard InChI is InChI=1S/C18H23N3O3S2/c1-20(15-7-3-2-4-8-15)13-10-19-18(22)17-16(9-14-25-17)26(23,24)21-11-5-6-12-21/h2-4,7-9,14H,5-6,10-13H2,1H3,(H,19,22). The largest absolute Gasteiger partial charge is 0.373 e. The first kappa shape index (κ1) is 18.9. The molecule has 0 unspecified atom stereocenters. The molecule has 1 saturated heterocycles. The molecule has 6 nitrogen and oxygen atoms in total. The number of amides is 1. The molecule has 8 heteroatoms. The molecule has 0 radical (unpaired) electrons. The number of hydrogen-bond acceptors (Lipinski definition) is 5. The quantitative estimate of drug-likeness (QED) is 0.784. The predicted molar refractivity (Wildman–Crippen MR) is 104 cm³/mol. The molecule has 1 amide bonds. The van der Waals surface area contributed by atoms with Gasteiger partial charge in [-0.25, -0.2) is 8.42 Å². The van der Waals surface area contributed by atoms with Gasteiger partial charge < -0.3 is 10.2 Å². The Bertz CT molecular complexity index is 844. The summed E-state index contributed by atoms with van der Waals surface area (Å²) in [5, 5.41) is 4.50. The monoisotopic (exact) mass is 393 g/mol. The van der Waals surface area contributed by atoms with E-state index in [9.17, 15) is 13.2 Å². The summed E-state index contributed by atoms with van der Waals surface area (Å²) in [5.41, 5.74) is 1.06. The molecule has 1 aliphatic rings. The fourth-order valence-corrected chi connectivity index (χ4v) is 5.80. The Morgan fingerprint density at radius 2 is 1.88 bits per heavy atom. The maximum Gasteiger partial charge on any atom is 0.262 e. The van der Waals surface area contributed by atoms with Crippen LogP contribution in [0.1, 0.15) is 22.5 Å². The van der Waals surface area contributed by atoms with Gasteiger partial charge in [0.2, 0.25) is 10.0 Å². The van der Waals surface area contributed by atoms with Crippen LogP contribution in [0, 0.1) is 0 Å². The summed E-state index contributed by atoms with van der Waals surface area (Å²) in [7, 11) is -1.63. The van der Waals surface area contributed by atoms with E-state index in [1.54, 1.807) is 5.38 Å². The minimum atomic E-state index is -3.58. The molecule has 3 rings (SSSR count). The first-order chi connectivity index (χ1) is 12.5. The summed E-state index contributed by atoms with van der Waals surface area (Å²) in [6, 6.07) is 11.4. The zero-order valence-electron chi connectivity index (χ0n) is 14.7. The summed E-state index contributed by atoms with van der Waals surface area (Å²) < 4.78 is 26.9. The lowest BCUT2D eigenvalue weighted by atomic mass is 10.3. The Morgan fingerprint density at radius 3 is 2.58 bits per heavy atom. The molecule has 0 aliphatic carbocycles. The Balaban J connectivity index is 1.62. The summed E-state index contributed by atoms with van der Waals surface area (Å²) in [5.74, 6) is -0.334. The number of nitrogens with zero attached hydrogens (tertiary/aromatic N) is 2. The van der Waals surface area contributed by atoms with Gasteiger partial charge in [-0.05, 0) is 36.4 Å². The van der Waals surface area contributed by atoms with Gasteiger partial charge in [0, 0.05) is 38.9 Å². The molecule has 0 spiro atoms. The van der Waals surface area contributed by atoms with E-state index >= 15 is 0 Å². The van der Waals surface area contributed by atoms with Crippen LogP contribution in [0.5, 0.6) is 0 Å². The number of sulfonamides is 1. The number of anilines is 1. The number of rotatable bonds is 7. The highest BCUT2D eigenvalue weighted by atomic mass is 32.2. The van der Waals surface area contributed by atoms with Crippen LogP contribution in [-0.2, 0) is 10.0 Å². The molecule has 2 heterocycles. The van der Waals surface area contributed by atoms with Crippen LogP contribution < -0.4 is 10.2 Å². The molecule has 1 aliphatic heterocycles. The van der Waals surface area contributed by atoms with Gasteiger partial charge >= 0.3 is 0 Å². The van der Waals surface area contributed by atoms with Crippen LogP contribution in [0.4, 0.5) is 5.69 Å². The van der Waals surface area contributed by atoms with Crippen molar-refractivity contribution < 1.29 is 13.2 Å². The average molecular weight is 394 g/mol. The van der Waals surface area contributed by atoms with Crippen molar-refractivity contribution in [1.29, 1.82) is 0 Å². The van der Waals surface area contributed by atoms with Crippen molar-refractivity contribution in [1.82, 2.24) is 9.62 Å². The summed E-state index contributed by atoms with van der Waals surface area (Å²) in [6.07, 6.45) is 1.74. The average Bonchev–Trinajstić information content (AvgIpc) is 3.34. The third kappa shape index (κ3) is 4.08. The third-order valence-electron chi connectivity index (χ3n) is 4.45. The molecule has 0 atom stereocenters. The second-order valence-electron chi connectivity index (χ2n) is 6.24. The number of thiophene rings is 1. The van der Waals surface area contributed by atoms with E-state index in [1.807, 2.05) is 42.3 Å². The van der Waals surface area contributed by atoms with Crippen LogP contribution in [0.3, 0.4) is 0 Å². The van der Waals surface area contributed by atoms with Crippen LogP contribution in [0.15, 0.2) is 46.7 Å². The number of hydrogen-bond donors (Lipinski definition) is 1. The van der Waals surface area contributed by atoms with E-state index in [2.05, 4.69) is 5.32 Å². The van der Waals surface area contributed by atoms with E-state index < -0.39 is 10.0 Å². The van der Waals surface area contributed by atoms with E-state index in [4.69, 9.17) is 0 Å². The molecule has 1 aromatic carbocycles. The van der Waals surface area contributed by atoms with Crippen molar-refractivity contribution in [3.8, 4) is 0 Å². The smallest absolute Gasteiger partial charge is 0.262 e. The molecule has 1 aromatic heterocycles. The van der Waals surface area contributed by atoms with Gasteiger partial charge in [-0.2, -0.15) is 4.31 Å². The Labute approximate surface area is 158 Å². The molecular weight excluding hydrogens is 370 g/mol. The van der Waals surface area contributed by atoms with Crippen molar-refractivity contribution in [3.63, 3.8) is 0 Å². The van der Waals surface area contributed by atoms with Gasteiger partial charge in [0.15, 0.2) is 0 Å². The van der Waals surface area contributed by atoms with Crippen LogP contribution in [-0.4, -0.2) is 51.9 Å². The number of nitrogens with one attached hydrogen (secondary N) is 1. The minimum absolute atomic E-state index is 0.123. The molecule has 140 valence electrons. The fraction of sp³-hybridized carbons (Fsp3) is 0.389. The maximum absolute atomic E-state index is 12.7. The zero-order chi connectivity index (χ0) is 18.6. The number of benzene rings is 1. The Kier molecular flexibility index (Phi) is 5.95. The van der Waals surface area contributed by atoms with Gasteiger partial charge in [-0.15, -0.1) is 11.3 Å². The topological polar surface area (TPSA) is 69.7 Å². The van der Waals surface area contributed by atoms with E-state index in [-0.39, 0.29) is 15.7 Å². The van der Waals surface area contributed by atoms with Gasteiger partial charge in [0.25, 0.3) is 5.91 Å². The lowest BCUT2D eigenvalue weighted by Gasteiger charge is -2.19. The van der Waals surface area contributed by atoms with Gasteiger partial charge in [0.1, 0.15) is 9.77 Å². The fourth-order valence-electron chi connectivity index (χ4n) is 2.96. The molecule has 2 aromatic rings. The van der Waals surface area contributed by atoms with E-state index in [1.165, 1.54) is 21.7 Å². The van der Waals surface area contributed by atoms with Crippen LogP contribution in [0.25, 0.3) is 0 Å². The van der Waals surface area contributed by atoms with Gasteiger partial charge in [-0.3, -0.25) is 4.79 Å². The van der Waals surface area contributed by atoms with E-state index in [0.717, 1.165) is 18.5 Å². The summed E-state index contributed by atoms with van der Waals surface area (Å²) >= 11 is 1.17. The first-order valence-corrected chi connectivity index (χ1v) is 10.9. The number of carbonyl (C=O) groups is 1. The highest BCUT2D eigenvalue weighted by molar-refractivity contribution is 7.89. The Morgan fingerprint density at radius 1 is 1.19 bits per heavy atom. The predicted octanol–water partition coefficient (Wildman–Crippen LogP) is 2.40. The molecule has 1 N–H and O–H groups in total. The van der Waals surface area contributed by atoms with Gasteiger partial charge in [-0.1, -0.05) is 18.2 Å². The number of para-hydroxylation sites is 1. The van der Waals surface area contributed by atoms with Crippen LogP contribution >= 0.6 is 11.3 Å². The van der Waals surface area contributed by atoms with Crippen molar-refractivity contribution >= 4 is 33.0 Å². The normalized spacial score (nSPS) is 15.1. The SMILES string of the molecule is CN(CCNC(=O)c1sccc1S(=O)(=O)N1CCCC1)c1ccccc1. The molecule has 1 fully saturated rings. The summed E-state index contributed by atoms with van der Waals surface area (Å²) in [6.45, 7) is 2.13. The Hall–Kier alpha value is -1.90. The highest BCUT2D eigenvalue weighted by Gasteiger charge is 2.31. The molecular formula is C18H23N3O3S2. The zero-order valence-corrected chi connectivity index (χ0v) is 16.4. The number of carbonyl (C=O) groups excluding carboxylic acids is 1. The van der Waals surface area contributed by atoms with E-state index in [0.29, 0.717) is 26.2 Å². The van der Waals surface area contributed by atoms with Crippen molar-refractivity contribution in [2.75, 3.05) is 38.1 Å². The molecule has 0 saturated carbocycles. The second kappa shape index (κ2) is 8.20. The lowest BCUT2D eigenvalue weighted by molar-refractivity contribution is 0.0955. The maximum atomic E-state index is 12.7. The highest BCUT2D eigenvalue weighted by Crippen LogP contribution is 2.27. The van der Waals surface area contributed by atoms with Crippen molar-refractivity contribution in [2.45, 2.75) is 17.7 Å². The number of likely N-dealkylation sites (N-methyl/N-ethyl adjacent to an activating group) is 1. The first-order valence-electron chi connectivity index (χ1n) is 8.62. The molecule has 26 heavy (non-hydrogen) atoms.